The lowest BCUT2D eigenvalue weighted by Crippen LogP contribution is -2.17. The molecule has 0 radical (unpaired) electrons. The second kappa shape index (κ2) is 6.22. The number of carbonyl (C=O) groups excluding carboxylic acids is 1. The number of hydrogen-bond donors (Lipinski definition) is 1. The van der Waals surface area contributed by atoms with Crippen LogP contribution >= 0.6 is 11.6 Å². The van der Waals surface area contributed by atoms with E-state index in [1.807, 2.05) is 31.2 Å². The van der Waals surface area contributed by atoms with Crippen LogP contribution in [0.3, 0.4) is 0 Å². The monoisotopic (exact) mass is 326 g/mol. The Morgan fingerprint density at radius 3 is 2.65 bits per heavy atom. The van der Waals surface area contributed by atoms with E-state index in [9.17, 15) is 4.79 Å². The van der Waals surface area contributed by atoms with Crippen molar-refractivity contribution in [3.8, 4) is 11.4 Å². The Kier molecular flexibility index (Phi) is 4.12. The van der Waals surface area contributed by atoms with Gasteiger partial charge >= 0.3 is 0 Å². The Morgan fingerprint density at radius 2 is 1.96 bits per heavy atom. The zero-order valence-electron chi connectivity index (χ0n) is 12.5. The van der Waals surface area contributed by atoms with E-state index in [2.05, 4.69) is 10.1 Å². The van der Waals surface area contributed by atoms with Crippen LogP contribution in [0.2, 0.25) is 5.02 Å². The van der Waals surface area contributed by atoms with Gasteiger partial charge in [-0.05, 0) is 30.7 Å². The maximum Gasteiger partial charge on any atom is 0.254 e. The summed E-state index contributed by atoms with van der Waals surface area (Å²) >= 11 is 5.84. The highest BCUT2D eigenvalue weighted by Gasteiger charge is 2.15. The van der Waals surface area contributed by atoms with Crippen LogP contribution in [0, 0.1) is 6.92 Å². The molecule has 2 aromatic carbocycles. The van der Waals surface area contributed by atoms with Crippen molar-refractivity contribution in [2.75, 3.05) is 5.73 Å². The lowest BCUT2D eigenvalue weighted by atomic mass is 10.1. The van der Waals surface area contributed by atoms with Crippen molar-refractivity contribution in [3.63, 3.8) is 0 Å². The molecule has 1 aromatic heterocycles. The molecule has 0 unspecified atom stereocenters. The molecule has 5 nitrogen and oxygen atoms in total. The molecular weight excluding hydrogens is 312 g/mol. The summed E-state index contributed by atoms with van der Waals surface area (Å²) in [4.78, 5) is 16.6. The number of aryl methyl sites for hydroxylation is 1. The van der Waals surface area contributed by atoms with E-state index in [1.54, 1.807) is 24.3 Å². The first-order valence-electron chi connectivity index (χ1n) is 7.10. The fraction of sp³-hybridized carbons (Fsp3) is 0.118. The minimum atomic E-state index is -0.240. The molecule has 1 heterocycles. The third-order valence-electron chi connectivity index (χ3n) is 3.41. The van der Waals surface area contributed by atoms with Crippen LogP contribution in [0.5, 0.6) is 0 Å². The molecular formula is C17H15ClN4O. The summed E-state index contributed by atoms with van der Waals surface area (Å²) in [6, 6.07) is 14.8. The Morgan fingerprint density at radius 1 is 1.22 bits per heavy atom. The lowest BCUT2D eigenvalue weighted by molar-refractivity contribution is 0.0901. The highest BCUT2D eigenvalue weighted by Crippen LogP contribution is 2.18. The van der Waals surface area contributed by atoms with Crippen LogP contribution in [0.25, 0.3) is 11.4 Å². The predicted molar refractivity (Wildman–Crippen MR) is 90.4 cm³/mol. The lowest BCUT2D eigenvalue weighted by Gasteiger charge is -2.02. The first-order valence-corrected chi connectivity index (χ1v) is 7.48. The summed E-state index contributed by atoms with van der Waals surface area (Å²) < 4.78 is 1.15. The summed E-state index contributed by atoms with van der Waals surface area (Å²) in [7, 11) is 0. The largest absolute Gasteiger partial charge is 0.368 e. The SMILES string of the molecule is Cc1cccc(-c2nc(N)n(C(=O)Cc3ccc(Cl)cc3)n2)c1. The quantitative estimate of drug-likeness (QED) is 0.800. The van der Waals surface area contributed by atoms with Gasteiger partial charge in [0.15, 0.2) is 5.82 Å². The fourth-order valence-corrected chi connectivity index (χ4v) is 2.39. The molecule has 0 aliphatic rings. The molecule has 6 heteroatoms. The molecule has 3 rings (SSSR count). The summed E-state index contributed by atoms with van der Waals surface area (Å²) in [5, 5.41) is 4.87. The molecule has 0 spiro atoms. The molecule has 0 amide bonds. The van der Waals surface area contributed by atoms with Gasteiger partial charge in [0.2, 0.25) is 5.95 Å². The van der Waals surface area contributed by atoms with Gasteiger partial charge in [0.05, 0.1) is 6.42 Å². The van der Waals surface area contributed by atoms with E-state index < -0.39 is 0 Å². The zero-order chi connectivity index (χ0) is 16.4. The Hall–Kier alpha value is -2.66. The number of rotatable bonds is 3. The predicted octanol–water partition coefficient (Wildman–Crippen LogP) is 3.37. The van der Waals surface area contributed by atoms with Crippen LogP contribution in [-0.2, 0) is 6.42 Å². The molecule has 0 aliphatic carbocycles. The third-order valence-corrected chi connectivity index (χ3v) is 3.67. The van der Waals surface area contributed by atoms with E-state index in [-0.39, 0.29) is 18.3 Å². The van der Waals surface area contributed by atoms with Crippen LogP contribution in [0.1, 0.15) is 15.9 Å². The summed E-state index contributed by atoms with van der Waals surface area (Å²) in [5.74, 6) is 0.285. The molecule has 116 valence electrons. The molecule has 0 atom stereocenters. The number of carbonyl (C=O) groups is 1. The molecule has 23 heavy (non-hydrogen) atoms. The van der Waals surface area contributed by atoms with Gasteiger partial charge in [0.25, 0.3) is 5.91 Å². The Labute approximate surface area is 138 Å². The van der Waals surface area contributed by atoms with E-state index >= 15 is 0 Å². The zero-order valence-corrected chi connectivity index (χ0v) is 13.3. The van der Waals surface area contributed by atoms with E-state index in [1.165, 1.54) is 0 Å². The van der Waals surface area contributed by atoms with Crippen molar-refractivity contribution >= 4 is 23.5 Å². The Balaban J connectivity index is 1.85. The topological polar surface area (TPSA) is 73.8 Å². The van der Waals surface area contributed by atoms with Gasteiger partial charge < -0.3 is 5.73 Å². The molecule has 2 N–H and O–H groups in total. The number of nitrogens with zero attached hydrogens (tertiary/aromatic N) is 3. The molecule has 3 aromatic rings. The van der Waals surface area contributed by atoms with Gasteiger partial charge in [-0.1, -0.05) is 47.5 Å². The number of aromatic nitrogens is 3. The summed E-state index contributed by atoms with van der Waals surface area (Å²) in [5.41, 5.74) is 8.60. The molecule has 0 aliphatic heterocycles. The highest BCUT2D eigenvalue weighted by atomic mass is 35.5. The van der Waals surface area contributed by atoms with Crippen LogP contribution < -0.4 is 5.73 Å². The maximum atomic E-state index is 12.4. The van der Waals surface area contributed by atoms with Gasteiger partial charge in [-0.2, -0.15) is 9.67 Å². The third kappa shape index (κ3) is 3.40. The van der Waals surface area contributed by atoms with Crippen LogP contribution in [0.15, 0.2) is 48.5 Å². The van der Waals surface area contributed by atoms with Crippen molar-refractivity contribution in [2.24, 2.45) is 0 Å². The highest BCUT2D eigenvalue weighted by molar-refractivity contribution is 6.30. The van der Waals surface area contributed by atoms with Gasteiger partial charge in [0.1, 0.15) is 0 Å². The fourth-order valence-electron chi connectivity index (χ4n) is 2.27. The molecule has 0 saturated heterocycles. The number of hydrogen-bond acceptors (Lipinski definition) is 4. The van der Waals surface area contributed by atoms with E-state index in [0.29, 0.717) is 10.8 Å². The van der Waals surface area contributed by atoms with Crippen molar-refractivity contribution in [1.82, 2.24) is 14.8 Å². The average Bonchev–Trinajstić information content (AvgIpc) is 2.92. The number of anilines is 1. The van der Waals surface area contributed by atoms with Crippen LogP contribution in [-0.4, -0.2) is 20.7 Å². The number of halogens is 1. The average molecular weight is 327 g/mol. The normalized spacial score (nSPS) is 10.7. The van der Waals surface area contributed by atoms with Crippen molar-refractivity contribution < 1.29 is 4.79 Å². The number of benzene rings is 2. The smallest absolute Gasteiger partial charge is 0.254 e. The van der Waals surface area contributed by atoms with Gasteiger partial charge in [-0.25, -0.2) is 0 Å². The molecule has 0 bridgehead atoms. The second-order valence-corrected chi connectivity index (χ2v) is 5.71. The van der Waals surface area contributed by atoms with Crippen molar-refractivity contribution in [3.05, 3.63) is 64.7 Å². The van der Waals surface area contributed by atoms with Gasteiger partial charge in [-0.3, -0.25) is 4.79 Å². The minimum Gasteiger partial charge on any atom is -0.368 e. The summed E-state index contributed by atoms with van der Waals surface area (Å²) in [6.07, 6.45) is 0.179. The van der Waals surface area contributed by atoms with E-state index in [4.69, 9.17) is 17.3 Å². The first-order chi connectivity index (χ1) is 11.0. The number of nitrogens with two attached hydrogens (primary N) is 1. The second-order valence-electron chi connectivity index (χ2n) is 5.27. The molecule has 0 fully saturated rings. The van der Waals surface area contributed by atoms with Crippen molar-refractivity contribution in [1.29, 1.82) is 0 Å². The van der Waals surface area contributed by atoms with Gasteiger partial charge in [0, 0.05) is 10.6 Å². The van der Waals surface area contributed by atoms with Crippen LogP contribution in [0.4, 0.5) is 5.95 Å². The van der Waals surface area contributed by atoms with Crippen molar-refractivity contribution in [2.45, 2.75) is 13.3 Å². The summed E-state index contributed by atoms with van der Waals surface area (Å²) in [6.45, 7) is 1.98. The Bertz CT molecular complexity index is 855. The first kappa shape index (κ1) is 15.2. The van der Waals surface area contributed by atoms with E-state index in [0.717, 1.165) is 21.4 Å². The minimum absolute atomic E-state index is 0.0838. The number of nitrogen functional groups attached to an aromatic ring is 1. The maximum absolute atomic E-state index is 12.4. The standard InChI is InChI=1S/C17H15ClN4O/c1-11-3-2-4-13(9-11)16-20-17(19)22(21-16)15(23)10-12-5-7-14(18)8-6-12/h2-9H,10H2,1H3,(H2,19,20,21). The van der Waals surface area contributed by atoms with Gasteiger partial charge in [-0.15, -0.1) is 5.10 Å². The molecule has 0 saturated carbocycles.